The Bertz CT molecular complexity index is 873. The minimum absolute atomic E-state index is 0.0278. The first-order valence-electron chi connectivity index (χ1n) is 7.81. The maximum absolute atomic E-state index is 10.6. The van der Waals surface area contributed by atoms with Crippen LogP contribution in [0.5, 0.6) is 0 Å². The van der Waals surface area contributed by atoms with Crippen molar-refractivity contribution >= 4 is 30.4 Å². The van der Waals surface area contributed by atoms with Gasteiger partial charge in [0.15, 0.2) is 0 Å². The van der Waals surface area contributed by atoms with E-state index in [0.717, 1.165) is 0 Å². The van der Waals surface area contributed by atoms with Gasteiger partial charge >= 0.3 is 98.2 Å². The zero-order valence-electron chi connectivity index (χ0n) is 14.5. The van der Waals surface area contributed by atoms with Gasteiger partial charge in [0.05, 0.1) is 4.90 Å². The average Bonchev–Trinajstić information content (AvgIpc) is 2.64. The summed E-state index contributed by atoms with van der Waals surface area (Å²) in [5, 5.41) is 0. The Morgan fingerprint density at radius 2 is 1.19 bits per heavy atom. The molecule has 0 aliphatic carbocycles. The summed E-state index contributed by atoms with van der Waals surface area (Å²) in [7, 11) is -2.22. The standard InChI is InChI=1S/C13H13IO.C7H8O3S/c1-15-14(12-8-4-2-5-9-12)13-10-6-3-7-11-13;1-6-4-2-3-5-7(6)11(8,9)10/h2-11H,1H3;2-5H,1H3,(H,8,9,10). The molecule has 0 bridgehead atoms. The van der Waals surface area contributed by atoms with Crippen molar-refractivity contribution in [1.29, 1.82) is 0 Å². The minimum atomic E-state index is -4.03. The molecule has 3 aromatic rings. The van der Waals surface area contributed by atoms with E-state index in [1.807, 2.05) is 19.2 Å². The molecule has 0 heterocycles. The minimum Gasteiger partial charge on any atom is -0.282 e. The van der Waals surface area contributed by atoms with Gasteiger partial charge < -0.3 is 0 Å². The second-order valence-corrected chi connectivity index (χ2v) is 11.4. The third-order valence-electron chi connectivity index (χ3n) is 3.39. The van der Waals surface area contributed by atoms with Gasteiger partial charge in [0.25, 0.3) is 10.1 Å². The van der Waals surface area contributed by atoms with E-state index >= 15 is 0 Å². The van der Waals surface area contributed by atoms with Crippen LogP contribution in [0.25, 0.3) is 0 Å². The van der Waals surface area contributed by atoms with Gasteiger partial charge in [-0.15, -0.1) is 0 Å². The van der Waals surface area contributed by atoms with Crippen LogP contribution in [0.15, 0.2) is 89.8 Å². The molecule has 4 nitrogen and oxygen atoms in total. The fourth-order valence-electron chi connectivity index (χ4n) is 2.21. The number of hydrogen-bond acceptors (Lipinski definition) is 3. The van der Waals surface area contributed by atoms with Crippen LogP contribution in [0.3, 0.4) is 0 Å². The van der Waals surface area contributed by atoms with Crippen LogP contribution in [0, 0.1) is 14.1 Å². The van der Waals surface area contributed by atoms with Crippen molar-refractivity contribution < 1.29 is 16.0 Å². The predicted octanol–water partition coefficient (Wildman–Crippen LogP) is 5.04. The summed E-state index contributed by atoms with van der Waals surface area (Å²) in [6, 6.07) is 27.3. The summed E-state index contributed by atoms with van der Waals surface area (Å²) >= 11 is -1.62. The number of hydrogen-bond donors (Lipinski definition) is 1. The summed E-state index contributed by atoms with van der Waals surface area (Å²) in [5.41, 5.74) is 0.551. The monoisotopic (exact) mass is 484 g/mol. The molecule has 3 rings (SSSR count). The van der Waals surface area contributed by atoms with Crippen molar-refractivity contribution in [1.82, 2.24) is 0 Å². The molecule has 0 radical (unpaired) electrons. The van der Waals surface area contributed by atoms with Gasteiger partial charge in [0.2, 0.25) is 0 Å². The molecule has 26 heavy (non-hydrogen) atoms. The number of benzene rings is 3. The molecule has 138 valence electrons. The normalized spacial score (nSPS) is 11.3. The number of aryl methyl sites for hydroxylation is 1. The van der Waals surface area contributed by atoms with E-state index in [-0.39, 0.29) is 4.90 Å². The fraction of sp³-hybridized carbons (Fsp3) is 0.100. The van der Waals surface area contributed by atoms with Crippen molar-refractivity contribution in [3.63, 3.8) is 0 Å². The molecule has 0 aliphatic heterocycles. The van der Waals surface area contributed by atoms with Gasteiger partial charge in [-0.2, -0.15) is 8.42 Å². The zero-order chi connectivity index (χ0) is 19.0. The zero-order valence-corrected chi connectivity index (χ0v) is 17.5. The summed E-state index contributed by atoms with van der Waals surface area (Å²) in [6.07, 6.45) is 0. The molecule has 1 N–H and O–H groups in total. The Morgan fingerprint density at radius 3 is 1.54 bits per heavy atom. The van der Waals surface area contributed by atoms with E-state index in [4.69, 9.17) is 7.62 Å². The molecular formula is C20H21IO4S. The molecule has 0 atom stereocenters. The molecular weight excluding hydrogens is 463 g/mol. The largest absolute Gasteiger partial charge is 0.294 e. The fourth-order valence-corrected chi connectivity index (χ4v) is 6.81. The van der Waals surface area contributed by atoms with Crippen LogP contribution in [-0.4, -0.2) is 20.1 Å². The maximum atomic E-state index is 10.6. The summed E-state index contributed by atoms with van der Waals surface area (Å²) in [6.45, 7) is 1.63. The summed E-state index contributed by atoms with van der Waals surface area (Å²) in [5.74, 6) is 0. The van der Waals surface area contributed by atoms with Gasteiger partial charge in [-0.3, -0.25) is 4.55 Å². The van der Waals surface area contributed by atoms with Crippen LogP contribution in [0.4, 0.5) is 0 Å². The van der Waals surface area contributed by atoms with Crippen molar-refractivity contribution in [3.05, 3.63) is 97.6 Å². The van der Waals surface area contributed by atoms with Gasteiger partial charge in [-0.1, -0.05) is 18.2 Å². The van der Waals surface area contributed by atoms with Gasteiger partial charge in [-0.25, -0.2) is 0 Å². The smallest absolute Gasteiger partial charge is 0.282 e. The second kappa shape index (κ2) is 9.82. The topological polar surface area (TPSA) is 63.6 Å². The Labute approximate surface area is 162 Å². The van der Waals surface area contributed by atoms with Gasteiger partial charge in [-0.05, 0) is 18.6 Å². The van der Waals surface area contributed by atoms with Gasteiger partial charge in [0.1, 0.15) is 0 Å². The first-order valence-corrected chi connectivity index (χ1v) is 12.3. The first-order chi connectivity index (χ1) is 12.4. The van der Waals surface area contributed by atoms with Gasteiger partial charge in [0, 0.05) is 0 Å². The van der Waals surface area contributed by atoms with E-state index in [0.29, 0.717) is 5.56 Å². The van der Waals surface area contributed by atoms with Crippen LogP contribution in [0.2, 0.25) is 0 Å². The van der Waals surface area contributed by atoms with E-state index in [2.05, 4.69) is 48.5 Å². The molecule has 0 spiro atoms. The molecule has 0 amide bonds. The van der Waals surface area contributed by atoms with Crippen molar-refractivity contribution in [2.45, 2.75) is 11.8 Å². The predicted molar refractivity (Wildman–Crippen MR) is 112 cm³/mol. The molecule has 0 aliphatic rings. The van der Waals surface area contributed by atoms with Crippen molar-refractivity contribution in [2.75, 3.05) is 7.11 Å². The van der Waals surface area contributed by atoms with Crippen LogP contribution >= 0.6 is 20.2 Å². The SMILES string of the molecule is COI(c1ccccc1)c1ccccc1.Cc1ccccc1S(=O)(=O)O. The van der Waals surface area contributed by atoms with Crippen LogP contribution < -0.4 is 0 Å². The Kier molecular flexibility index (Phi) is 7.77. The quantitative estimate of drug-likeness (QED) is 0.417. The Balaban J connectivity index is 0.000000197. The molecule has 0 unspecified atom stereocenters. The number of halogens is 1. The third kappa shape index (κ3) is 5.91. The summed E-state index contributed by atoms with van der Waals surface area (Å²) < 4.78 is 38.2. The molecule has 0 saturated heterocycles. The molecule has 6 heteroatoms. The van der Waals surface area contributed by atoms with Crippen molar-refractivity contribution in [2.24, 2.45) is 0 Å². The van der Waals surface area contributed by atoms with Crippen molar-refractivity contribution in [3.8, 4) is 0 Å². The Hall–Kier alpha value is -1.74. The molecule has 0 aromatic heterocycles. The van der Waals surface area contributed by atoms with Crippen LogP contribution in [-0.2, 0) is 13.2 Å². The second-order valence-electron chi connectivity index (χ2n) is 5.23. The third-order valence-corrected chi connectivity index (χ3v) is 8.98. The van der Waals surface area contributed by atoms with E-state index in [1.54, 1.807) is 25.1 Å². The maximum Gasteiger partial charge on any atom is 0.294 e. The molecule has 0 saturated carbocycles. The van der Waals surface area contributed by atoms with Crippen LogP contribution in [0.1, 0.15) is 5.56 Å². The van der Waals surface area contributed by atoms with E-state index in [1.165, 1.54) is 13.2 Å². The average molecular weight is 484 g/mol. The summed E-state index contributed by atoms with van der Waals surface area (Å²) in [4.78, 5) is -0.0278. The van der Waals surface area contributed by atoms with E-state index in [9.17, 15) is 8.42 Å². The van der Waals surface area contributed by atoms with E-state index < -0.39 is 30.4 Å². The molecule has 0 fully saturated rings. The first kappa shape index (κ1) is 20.6. The molecule has 3 aromatic carbocycles. The Morgan fingerprint density at radius 1 is 0.769 bits per heavy atom. The number of rotatable bonds is 4.